The smallest absolute Gasteiger partial charge is 0.00939 e. The molecule has 0 aliphatic carbocycles. The van der Waals surface area contributed by atoms with Crippen LogP contribution in [0.1, 0.15) is 40.5 Å². The summed E-state index contributed by atoms with van der Waals surface area (Å²) in [5.74, 6) is 0. The Hall–Kier alpha value is -0.0800. The van der Waals surface area contributed by atoms with Gasteiger partial charge in [0.05, 0.1) is 0 Å². The standard InChI is InChI=1S/C11H24N2/c1-9(11(2,3)4)13-10-5-7-12-8-6-10/h9-10,12-13H,5-8H2,1-4H3. The van der Waals surface area contributed by atoms with Crippen molar-refractivity contribution in [3.63, 3.8) is 0 Å². The Balaban J connectivity index is 2.30. The lowest BCUT2D eigenvalue weighted by molar-refractivity contribution is 0.242. The maximum atomic E-state index is 3.72. The van der Waals surface area contributed by atoms with Gasteiger partial charge in [-0.2, -0.15) is 0 Å². The van der Waals surface area contributed by atoms with E-state index in [-0.39, 0.29) is 0 Å². The molecule has 0 radical (unpaired) electrons. The van der Waals surface area contributed by atoms with Crippen molar-refractivity contribution in [2.75, 3.05) is 13.1 Å². The Morgan fingerprint density at radius 2 is 1.77 bits per heavy atom. The van der Waals surface area contributed by atoms with Gasteiger partial charge in [0.2, 0.25) is 0 Å². The normalized spacial score (nSPS) is 23.1. The van der Waals surface area contributed by atoms with E-state index in [0.29, 0.717) is 11.5 Å². The lowest BCUT2D eigenvalue weighted by Gasteiger charge is -2.34. The van der Waals surface area contributed by atoms with Gasteiger partial charge in [-0.1, -0.05) is 20.8 Å². The Labute approximate surface area is 82.5 Å². The summed E-state index contributed by atoms with van der Waals surface area (Å²) in [5, 5.41) is 7.11. The predicted octanol–water partition coefficient (Wildman–Crippen LogP) is 1.76. The van der Waals surface area contributed by atoms with E-state index in [2.05, 4.69) is 38.3 Å². The molecule has 1 rings (SSSR count). The van der Waals surface area contributed by atoms with Gasteiger partial charge in [0, 0.05) is 12.1 Å². The number of hydrogen-bond acceptors (Lipinski definition) is 2. The summed E-state index contributed by atoms with van der Waals surface area (Å²) >= 11 is 0. The van der Waals surface area contributed by atoms with Gasteiger partial charge in [-0.25, -0.2) is 0 Å². The molecule has 1 saturated heterocycles. The van der Waals surface area contributed by atoms with Gasteiger partial charge in [-0.15, -0.1) is 0 Å². The Bertz CT molecular complexity index is 143. The second-order valence-corrected chi connectivity index (χ2v) is 5.28. The molecule has 1 atom stereocenters. The minimum atomic E-state index is 0.380. The van der Waals surface area contributed by atoms with Crippen LogP contribution in [0, 0.1) is 5.41 Å². The Morgan fingerprint density at radius 3 is 2.23 bits per heavy atom. The molecule has 0 bridgehead atoms. The first-order valence-electron chi connectivity index (χ1n) is 5.47. The summed E-state index contributed by atoms with van der Waals surface area (Å²) in [6, 6.07) is 1.34. The molecular weight excluding hydrogens is 160 g/mol. The first kappa shape index (κ1) is 11.0. The summed E-state index contributed by atoms with van der Waals surface area (Å²) in [7, 11) is 0. The molecule has 0 aromatic heterocycles. The van der Waals surface area contributed by atoms with Crippen LogP contribution in [0.5, 0.6) is 0 Å². The van der Waals surface area contributed by atoms with Crippen molar-refractivity contribution < 1.29 is 0 Å². The molecule has 0 amide bonds. The minimum Gasteiger partial charge on any atom is -0.317 e. The van der Waals surface area contributed by atoms with E-state index in [1.54, 1.807) is 0 Å². The van der Waals surface area contributed by atoms with E-state index in [0.717, 1.165) is 6.04 Å². The maximum absolute atomic E-state index is 3.72. The monoisotopic (exact) mass is 184 g/mol. The summed E-state index contributed by atoms with van der Waals surface area (Å²) in [6.45, 7) is 11.5. The van der Waals surface area contributed by atoms with Gasteiger partial charge in [0.1, 0.15) is 0 Å². The van der Waals surface area contributed by atoms with Crippen molar-refractivity contribution in [2.45, 2.75) is 52.6 Å². The minimum absolute atomic E-state index is 0.380. The van der Waals surface area contributed by atoms with Crippen LogP contribution in [0.15, 0.2) is 0 Å². The van der Waals surface area contributed by atoms with Crippen molar-refractivity contribution in [3.8, 4) is 0 Å². The molecule has 2 N–H and O–H groups in total. The van der Waals surface area contributed by atoms with Crippen LogP contribution < -0.4 is 10.6 Å². The largest absolute Gasteiger partial charge is 0.317 e. The number of rotatable bonds is 2. The first-order chi connectivity index (χ1) is 6.00. The van der Waals surface area contributed by atoms with Crippen molar-refractivity contribution in [3.05, 3.63) is 0 Å². The number of piperidine rings is 1. The lowest BCUT2D eigenvalue weighted by Crippen LogP contribution is -2.48. The molecule has 2 heteroatoms. The predicted molar refractivity (Wildman–Crippen MR) is 57.9 cm³/mol. The second-order valence-electron chi connectivity index (χ2n) is 5.28. The van der Waals surface area contributed by atoms with Crippen LogP contribution in [-0.2, 0) is 0 Å². The van der Waals surface area contributed by atoms with Crippen molar-refractivity contribution in [2.24, 2.45) is 5.41 Å². The molecule has 0 aromatic carbocycles. The van der Waals surface area contributed by atoms with E-state index in [1.807, 2.05) is 0 Å². The van der Waals surface area contributed by atoms with Gasteiger partial charge in [0.15, 0.2) is 0 Å². The lowest BCUT2D eigenvalue weighted by atomic mass is 9.87. The molecule has 1 aliphatic rings. The Kier molecular flexibility index (Phi) is 3.74. The molecule has 0 spiro atoms. The summed E-state index contributed by atoms with van der Waals surface area (Å²) < 4.78 is 0. The molecule has 1 unspecified atom stereocenters. The zero-order chi connectivity index (χ0) is 9.90. The van der Waals surface area contributed by atoms with E-state index in [1.165, 1.54) is 25.9 Å². The van der Waals surface area contributed by atoms with Crippen LogP contribution in [0.4, 0.5) is 0 Å². The van der Waals surface area contributed by atoms with E-state index in [9.17, 15) is 0 Å². The zero-order valence-corrected chi connectivity index (χ0v) is 9.48. The van der Waals surface area contributed by atoms with Crippen LogP contribution >= 0.6 is 0 Å². The molecule has 2 nitrogen and oxygen atoms in total. The highest BCUT2D eigenvalue weighted by molar-refractivity contribution is 4.82. The topological polar surface area (TPSA) is 24.1 Å². The number of hydrogen-bond donors (Lipinski definition) is 2. The summed E-state index contributed by atoms with van der Waals surface area (Å²) in [4.78, 5) is 0. The van der Waals surface area contributed by atoms with Crippen LogP contribution in [0.3, 0.4) is 0 Å². The van der Waals surface area contributed by atoms with Gasteiger partial charge < -0.3 is 10.6 Å². The third-order valence-corrected chi connectivity index (χ3v) is 3.12. The molecule has 0 aromatic rings. The number of nitrogens with one attached hydrogen (secondary N) is 2. The van der Waals surface area contributed by atoms with E-state index >= 15 is 0 Å². The van der Waals surface area contributed by atoms with Crippen molar-refractivity contribution in [1.82, 2.24) is 10.6 Å². The second kappa shape index (κ2) is 4.43. The van der Waals surface area contributed by atoms with Crippen LogP contribution in [0.2, 0.25) is 0 Å². The fraction of sp³-hybridized carbons (Fsp3) is 1.00. The van der Waals surface area contributed by atoms with Crippen molar-refractivity contribution in [1.29, 1.82) is 0 Å². The third kappa shape index (κ3) is 3.65. The third-order valence-electron chi connectivity index (χ3n) is 3.12. The average molecular weight is 184 g/mol. The molecule has 1 heterocycles. The van der Waals surface area contributed by atoms with Gasteiger partial charge in [-0.3, -0.25) is 0 Å². The SMILES string of the molecule is CC(NC1CCNCC1)C(C)(C)C. The highest BCUT2D eigenvalue weighted by atomic mass is 15.0. The molecular formula is C11H24N2. The van der Waals surface area contributed by atoms with E-state index < -0.39 is 0 Å². The van der Waals surface area contributed by atoms with E-state index in [4.69, 9.17) is 0 Å². The Morgan fingerprint density at radius 1 is 1.23 bits per heavy atom. The van der Waals surface area contributed by atoms with Crippen LogP contribution in [-0.4, -0.2) is 25.2 Å². The highest BCUT2D eigenvalue weighted by Gasteiger charge is 2.23. The van der Waals surface area contributed by atoms with Crippen LogP contribution in [0.25, 0.3) is 0 Å². The highest BCUT2D eigenvalue weighted by Crippen LogP contribution is 2.20. The molecule has 13 heavy (non-hydrogen) atoms. The fourth-order valence-electron chi connectivity index (χ4n) is 1.59. The van der Waals surface area contributed by atoms with Gasteiger partial charge in [-0.05, 0) is 38.3 Å². The maximum Gasteiger partial charge on any atom is 0.00939 e. The summed E-state index contributed by atoms with van der Waals surface area (Å²) in [6.07, 6.45) is 2.56. The molecule has 1 aliphatic heterocycles. The molecule has 78 valence electrons. The average Bonchev–Trinajstić information content (AvgIpc) is 2.04. The molecule has 1 fully saturated rings. The van der Waals surface area contributed by atoms with Crippen molar-refractivity contribution >= 4 is 0 Å². The van der Waals surface area contributed by atoms with Gasteiger partial charge >= 0.3 is 0 Å². The first-order valence-corrected chi connectivity index (χ1v) is 5.47. The van der Waals surface area contributed by atoms with Gasteiger partial charge in [0.25, 0.3) is 0 Å². The zero-order valence-electron chi connectivity index (χ0n) is 9.48. The summed E-state index contributed by atoms with van der Waals surface area (Å²) in [5.41, 5.74) is 0.380. The molecule has 0 saturated carbocycles. The fourth-order valence-corrected chi connectivity index (χ4v) is 1.59. The quantitative estimate of drug-likeness (QED) is 0.683.